The Kier molecular flexibility index (Phi) is 21.9. The van der Waals surface area contributed by atoms with Crippen molar-refractivity contribution in [2.24, 2.45) is 0 Å². The molecule has 1 N–H and O–H groups in total. The number of anilines is 2. The number of ether oxygens (including phenoxy) is 8. The Morgan fingerprint density at radius 1 is 0.508 bits per heavy atom. The Morgan fingerprint density at radius 3 is 1.36 bits per heavy atom. The van der Waals surface area contributed by atoms with E-state index in [9.17, 15) is 18.0 Å². The van der Waals surface area contributed by atoms with Crippen molar-refractivity contribution in [1.29, 1.82) is 0 Å². The normalized spacial score (nSPS) is 12.1. The average Bonchev–Trinajstić information content (AvgIpc) is 3.25. The van der Waals surface area contributed by atoms with Crippen LogP contribution in [-0.4, -0.2) is 120 Å². The second kappa shape index (κ2) is 27.0. The number of benzene rings is 4. The number of esters is 1. The van der Waals surface area contributed by atoms with Crippen molar-refractivity contribution in [2.45, 2.75) is 32.0 Å². The maximum atomic E-state index is 13.1. The summed E-state index contributed by atoms with van der Waals surface area (Å²) in [4.78, 5) is 12.6. The number of carbonyl (C=O) groups is 1. The molecule has 0 saturated heterocycles. The minimum atomic E-state index is -4.48. The van der Waals surface area contributed by atoms with Crippen LogP contribution >= 0.6 is 0 Å². The van der Waals surface area contributed by atoms with Crippen LogP contribution in [0.2, 0.25) is 5.04 Å². The molecule has 0 aromatic heterocycles. The molecule has 0 aliphatic carbocycles. The maximum Gasteiger partial charge on any atom is 0.416 e. The number of alkyl halides is 3. The van der Waals surface area contributed by atoms with Crippen molar-refractivity contribution < 1.29 is 60.3 Å². The van der Waals surface area contributed by atoms with E-state index in [0.717, 1.165) is 12.1 Å². The minimum absolute atomic E-state index is 0.00283. The van der Waals surface area contributed by atoms with Crippen molar-refractivity contribution in [3.05, 3.63) is 120 Å². The van der Waals surface area contributed by atoms with Gasteiger partial charge < -0.3 is 47.6 Å². The predicted molar refractivity (Wildman–Crippen MR) is 231 cm³/mol. The molecule has 0 aliphatic heterocycles. The number of rotatable bonds is 30. The van der Waals surface area contributed by atoms with Crippen LogP contribution < -0.4 is 15.7 Å². The highest BCUT2D eigenvalue weighted by Gasteiger charge is 2.50. The highest BCUT2D eigenvalue weighted by molar-refractivity contribution is 6.99. The first-order chi connectivity index (χ1) is 29.5. The number of hydrogen-bond donors (Lipinski definition) is 1. The zero-order valence-electron chi connectivity index (χ0n) is 35.4. The summed E-state index contributed by atoms with van der Waals surface area (Å²) in [5.74, 6) is -0.628. The summed E-state index contributed by atoms with van der Waals surface area (Å²) in [6.07, 6.45) is -4.48. The highest BCUT2D eigenvalue weighted by Crippen LogP contribution is 2.37. The second-order valence-electron chi connectivity index (χ2n) is 14.7. The first-order valence-corrected chi connectivity index (χ1v) is 22.4. The van der Waals surface area contributed by atoms with E-state index in [-0.39, 0.29) is 29.5 Å². The van der Waals surface area contributed by atoms with Gasteiger partial charge in [0.15, 0.2) is 0 Å². The molecule has 4 aromatic carbocycles. The lowest BCUT2D eigenvalue weighted by Crippen LogP contribution is -2.66. The zero-order chi connectivity index (χ0) is 43.7. The summed E-state index contributed by atoms with van der Waals surface area (Å²) >= 11 is 0. The fraction of sp³-hybridized carbons (Fsp3) is 0.457. The third kappa shape index (κ3) is 17.3. The minimum Gasteiger partial charge on any atom is -0.460 e. The van der Waals surface area contributed by atoms with Gasteiger partial charge in [0.25, 0.3) is 8.32 Å². The molecule has 0 radical (unpaired) electrons. The van der Waals surface area contributed by atoms with Crippen molar-refractivity contribution in [3.63, 3.8) is 0 Å². The predicted octanol–water partition coefficient (Wildman–Crippen LogP) is 7.30. The standard InChI is InChI=1S/C46H60F3NO10Si/c1-45(2,3)61(40-15-6-4-7-16-40,41-17-8-5-9-18-41)60-36-34-58-32-30-56-28-26-54-24-22-52-21-23-53-25-27-55-29-31-57-33-35-59-44(51)42-19-10-11-20-43(42)50-39-14-12-13-38(37-39)46(47,48)49/h4-20,37,50H,21-36H2,1-3H3. The Balaban J connectivity index is 0.913. The first-order valence-electron chi connectivity index (χ1n) is 20.5. The van der Waals surface area contributed by atoms with Crippen LogP contribution in [0.1, 0.15) is 36.7 Å². The summed E-state index contributed by atoms with van der Waals surface area (Å²) < 4.78 is 90.4. The van der Waals surface area contributed by atoms with E-state index in [4.69, 9.17) is 42.3 Å². The van der Waals surface area contributed by atoms with Crippen LogP contribution in [0.15, 0.2) is 109 Å². The van der Waals surface area contributed by atoms with Crippen molar-refractivity contribution in [2.75, 3.05) is 111 Å². The fourth-order valence-electron chi connectivity index (χ4n) is 6.41. The van der Waals surface area contributed by atoms with Gasteiger partial charge in [-0.05, 0) is 45.7 Å². The van der Waals surface area contributed by atoms with E-state index in [1.54, 1.807) is 18.2 Å². The molecule has 4 rings (SSSR count). The van der Waals surface area contributed by atoms with E-state index in [1.807, 2.05) is 12.1 Å². The molecule has 15 heteroatoms. The van der Waals surface area contributed by atoms with Gasteiger partial charge in [-0.15, -0.1) is 0 Å². The molecule has 0 unspecified atom stereocenters. The lowest BCUT2D eigenvalue weighted by atomic mass is 10.1. The molecule has 0 spiro atoms. The molecular weight excluding hydrogens is 812 g/mol. The molecule has 61 heavy (non-hydrogen) atoms. The van der Waals surface area contributed by atoms with Gasteiger partial charge >= 0.3 is 12.1 Å². The number of para-hydroxylation sites is 1. The summed E-state index contributed by atoms with van der Waals surface area (Å²) in [5.41, 5.74) is -0.0883. The van der Waals surface area contributed by atoms with E-state index < -0.39 is 26.0 Å². The average molecular weight is 872 g/mol. The fourth-order valence-corrected chi connectivity index (χ4v) is 11.0. The van der Waals surface area contributed by atoms with Gasteiger partial charge in [0.2, 0.25) is 0 Å². The van der Waals surface area contributed by atoms with Crippen LogP contribution in [0.3, 0.4) is 0 Å². The zero-order valence-corrected chi connectivity index (χ0v) is 36.4. The number of hydrogen-bond acceptors (Lipinski definition) is 11. The van der Waals surface area contributed by atoms with Gasteiger partial charge in [0, 0.05) is 5.69 Å². The van der Waals surface area contributed by atoms with Crippen LogP contribution in [0.25, 0.3) is 0 Å². The van der Waals surface area contributed by atoms with E-state index in [0.29, 0.717) is 98.2 Å². The third-order valence-corrected chi connectivity index (χ3v) is 14.3. The van der Waals surface area contributed by atoms with E-state index >= 15 is 0 Å². The summed E-state index contributed by atoms with van der Waals surface area (Å²) in [6.45, 7) is 13.0. The monoisotopic (exact) mass is 871 g/mol. The lowest BCUT2D eigenvalue weighted by molar-refractivity contribution is -0.137. The Labute approximate surface area is 358 Å². The molecule has 0 aliphatic rings. The highest BCUT2D eigenvalue weighted by atomic mass is 28.4. The molecule has 0 saturated carbocycles. The van der Waals surface area contributed by atoms with Crippen molar-refractivity contribution >= 4 is 36.0 Å². The smallest absolute Gasteiger partial charge is 0.416 e. The van der Waals surface area contributed by atoms with Crippen LogP contribution in [-0.2, 0) is 48.5 Å². The van der Waals surface area contributed by atoms with Gasteiger partial charge in [-0.25, -0.2) is 4.79 Å². The van der Waals surface area contributed by atoms with E-state index in [1.165, 1.54) is 28.6 Å². The summed E-state index contributed by atoms with van der Waals surface area (Å²) in [5, 5.41) is 5.28. The Hall–Kier alpha value is -4.16. The van der Waals surface area contributed by atoms with Crippen LogP contribution in [0, 0.1) is 0 Å². The molecule has 0 bridgehead atoms. The quantitative estimate of drug-likeness (QED) is 0.0324. The Morgan fingerprint density at radius 2 is 0.918 bits per heavy atom. The Bertz CT molecular complexity index is 1760. The van der Waals surface area contributed by atoms with Gasteiger partial charge in [-0.2, -0.15) is 13.2 Å². The topological polar surface area (TPSA) is 112 Å². The molecule has 334 valence electrons. The van der Waals surface area contributed by atoms with Crippen molar-refractivity contribution in [1.82, 2.24) is 0 Å². The number of carbonyl (C=O) groups excluding carboxylic acids is 1. The molecule has 4 aromatic rings. The van der Waals surface area contributed by atoms with Crippen molar-refractivity contribution in [3.8, 4) is 0 Å². The molecule has 0 heterocycles. The summed E-state index contributed by atoms with van der Waals surface area (Å²) in [7, 11) is -2.57. The number of nitrogens with one attached hydrogen (secondary N) is 1. The SMILES string of the molecule is CC(C)(C)[Si](OCCOCCOCCOCCOCCOCCOCCOCCOC(=O)c1ccccc1Nc1cccc(C(F)(F)F)c1)(c1ccccc1)c1ccccc1. The van der Waals surface area contributed by atoms with E-state index in [2.05, 4.69) is 74.6 Å². The maximum absolute atomic E-state index is 13.1. The number of halogens is 3. The van der Waals surface area contributed by atoms with Gasteiger partial charge in [-0.3, -0.25) is 0 Å². The van der Waals surface area contributed by atoms with Gasteiger partial charge in [0.1, 0.15) is 6.61 Å². The molecule has 0 fully saturated rings. The lowest BCUT2D eigenvalue weighted by Gasteiger charge is -2.43. The molecular formula is C46H60F3NO10Si. The van der Waals surface area contributed by atoms with Crippen LogP contribution in [0.5, 0.6) is 0 Å². The third-order valence-electron chi connectivity index (χ3n) is 9.27. The molecule has 11 nitrogen and oxygen atoms in total. The van der Waals surface area contributed by atoms with Gasteiger partial charge in [-0.1, -0.05) is 99.6 Å². The largest absolute Gasteiger partial charge is 0.460 e. The van der Waals surface area contributed by atoms with Gasteiger partial charge in [0.05, 0.1) is 116 Å². The first kappa shape index (κ1) is 49.5. The molecule has 0 amide bonds. The molecule has 0 atom stereocenters. The van der Waals surface area contributed by atoms with Crippen LogP contribution in [0.4, 0.5) is 24.5 Å². The summed E-state index contributed by atoms with van der Waals surface area (Å²) in [6, 6.07) is 32.3. The second-order valence-corrected chi connectivity index (χ2v) is 19.0.